The van der Waals surface area contributed by atoms with Crippen LogP contribution >= 0.6 is 43.6 Å². The third-order valence-electron chi connectivity index (χ3n) is 1.88. The van der Waals surface area contributed by atoms with Gasteiger partial charge in [-0.05, 0) is 52.3 Å². The zero-order valence-electron chi connectivity index (χ0n) is 7.78. The van der Waals surface area contributed by atoms with E-state index in [1.54, 1.807) is 11.8 Å². The van der Waals surface area contributed by atoms with E-state index in [0.717, 1.165) is 8.95 Å². The van der Waals surface area contributed by atoms with Crippen molar-refractivity contribution in [2.45, 2.75) is 9.79 Å². The molecule has 0 spiro atoms. The molecule has 2 aromatic carbocycles. The molecule has 0 nitrogen and oxygen atoms in total. The zero-order valence-corrected chi connectivity index (χ0v) is 11.8. The van der Waals surface area contributed by atoms with Crippen LogP contribution in [0.2, 0.25) is 0 Å². The van der Waals surface area contributed by atoms with Crippen molar-refractivity contribution in [1.82, 2.24) is 0 Å². The van der Waals surface area contributed by atoms with Crippen LogP contribution in [0.25, 0.3) is 0 Å². The maximum Gasteiger partial charge on any atom is 0.0314 e. The molecule has 0 bridgehead atoms. The van der Waals surface area contributed by atoms with Crippen molar-refractivity contribution in [3.8, 4) is 0 Å². The van der Waals surface area contributed by atoms with E-state index in [9.17, 15) is 0 Å². The van der Waals surface area contributed by atoms with E-state index >= 15 is 0 Å². The Bertz CT molecular complexity index is 451. The SMILES string of the molecule is Brc1ccc(Sc2ccccc2Br)cc1. The summed E-state index contributed by atoms with van der Waals surface area (Å²) >= 11 is 8.72. The molecule has 0 N–H and O–H groups in total. The average Bonchev–Trinajstić information content (AvgIpc) is 2.25. The van der Waals surface area contributed by atoms with Crippen molar-refractivity contribution in [1.29, 1.82) is 0 Å². The highest BCUT2D eigenvalue weighted by molar-refractivity contribution is 9.10. The predicted octanol–water partition coefficient (Wildman–Crippen LogP) is 5.36. The normalized spacial score (nSPS) is 10.3. The van der Waals surface area contributed by atoms with Gasteiger partial charge in [0.25, 0.3) is 0 Å². The molecule has 0 radical (unpaired) electrons. The van der Waals surface area contributed by atoms with Gasteiger partial charge in [0.1, 0.15) is 0 Å². The fourth-order valence-electron chi connectivity index (χ4n) is 1.16. The van der Waals surface area contributed by atoms with Crippen LogP contribution in [-0.4, -0.2) is 0 Å². The van der Waals surface area contributed by atoms with E-state index < -0.39 is 0 Å². The van der Waals surface area contributed by atoms with Gasteiger partial charge in [0, 0.05) is 18.7 Å². The molecule has 0 aliphatic heterocycles. The van der Waals surface area contributed by atoms with Gasteiger partial charge >= 0.3 is 0 Å². The van der Waals surface area contributed by atoms with Gasteiger partial charge in [-0.15, -0.1) is 0 Å². The lowest BCUT2D eigenvalue weighted by Crippen LogP contribution is -1.75. The third kappa shape index (κ3) is 3.10. The van der Waals surface area contributed by atoms with E-state index in [4.69, 9.17) is 0 Å². The van der Waals surface area contributed by atoms with Gasteiger partial charge in [-0.1, -0.05) is 39.8 Å². The number of hydrogen-bond donors (Lipinski definition) is 0. The lowest BCUT2D eigenvalue weighted by atomic mass is 10.4. The number of hydrogen-bond acceptors (Lipinski definition) is 1. The van der Waals surface area contributed by atoms with E-state index in [2.05, 4.69) is 68.3 Å². The minimum absolute atomic E-state index is 1.11. The summed E-state index contributed by atoms with van der Waals surface area (Å²) in [7, 11) is 0. The molecule has 0 heterocycles. The Labute approximate surface area is 110 Å². The minimum atomic E-state index is 1.11. The standard InChI is InChI=1S/C12H8Br2S/c13-9-5-7-10(8-6-9)15-12-4-2-1-3-11(12)14/h1-8H. The number of rotatable bonds is 2. The average molecular weight is 344 g/mol. The smallest absolute Gasteiger partial charge is 0.0314 e. The summed E-state index contributed by atoms with van der Waals surface area (Å²) < 4.78 is 2.25. The quantitative estimate of drug-likeness (QED) is 0.707. The Morgan fingerprint density at radius 3 is 2.13 bits per heavy atom. The second kappa shape index (κ2) is 5.19. The first-order valence-corrected chi connectivity index (χ1v) is 6.84. The second-order valence-electron chi connectivity index (χ2n) is 2.99. The molecule has 3 heteroatoms. The summed E-state index contributed by atoms with van der Waals surface area (Å²) in [6.07, 6.45) is 0. The summed E-state index contributed by atoms with van der Waals surface area (Å²) in [4.78, 5) is 2.48. The fourth-order valence-corrected chi connectivity index (χ4v) is 2.79. The molecule has 0 aliphatic carbocycles. The molecular weight excluding hydrogens is 336 g/mol. The lowest BCUT2D eigenvalue weighted by molar-refractivity contribution is 1.37. The highest BCUT2D eigenvalue weighted by atomic mass is 79.9. The zero-order chi connectivity index (χ0) is 10.7. The van der Waals surface area contributed by atoms with E-state index in [1.807, 2.05) is 12.1 Å². The Hall–Kier alpha value is -0.250. The Morgan fingerprint density at radius 2 is 1.47 bits per heavy atom. The first-order valence-electron chi connectivity index (χ1n) is 4.43. The minimum Gasteiger partial charge on any atom is -0.0889 e. The Morgan fingerprint density at radius 1 is 0.800 bits per heavy atom. The van der Waals surface area contributed by atoms with E-state index in [-0.39, 0.29) is 0 Å². The summed E-state index contributed by atoms with van der Waals surface area (Å²) in [5.74, 6) is 0. The van der Waals surface area contributed by atoms with Crippen LogP contribution in [0, 0.1) is 0 Å². The van der Waals surface area contributed by atoms with Crippen LogP contribution < -0.4 is 0 Å². The molecule has 0 unspecified atom stereocenters. The van der Waals surface area contributed by atoms with Crippen LogP contribution in [-0.2, 0) is 0 Å². The lowest BCUT2D eigenvalue weighted by Gasteiger charge is -2.03. The van der Waals surface area contributed by atoms with Crippen molar-refractivity contribution in [3.05, 3.63) is 57.5 Å². The first-order chi connectivity index (χ1) is 7.25. The first kappa shape index (κ1) is 11.2. The molecule has 0 saturated heterocycles. The molecule has 0 saturated carbocycles. The summed E-state index contributed by atoms with van der Waals surface area (Å²) in [5.41, 5.74) is 0. The largest absolute Gasteiger partial charge is 0.0889 e. The van der Waals surface area contributed by atoms with Gasteiger partial charge in [-0.3, -0.25) is 0 Å². The predicted molar refractivity (Wildman–Crippen MR) is 72.4 cm³/mol. The molecule has 0 aromatic heterocycles. The summed E-state index contributed by atoms with van der Waals surface area (Å²) in [6, 6.07) is 16.6. The molecule has 0 aliphatic rings. The maximum absolute atomic E-state index is 3.54. The van der Waals surface area contributed by atoms with Gasteiger partial charge in [-0.25, -0.2) is 0 Å². The van der Waals surface area contributed by atoms with Crippen LogP contribution in [0.5, 0.6) is 0 Å². The van der Waals surface area contributed by atoms with Gasteiger partial charge in [-0.2, -0.15) is 0 Å². The summed E-state index contributed by atoms with van der Waals surface area (Å²) in [5, 5.41) is 0. The summed E-state index contributed by atoms with van der Waals surface area (Å²) in [6.45, 7) is 0. The second-order valence-corrected chi connectivity index (χ2v) is 5.87. The third-order valence-corrected chi connectivity index (χ3v) is 4.44. The van der Waals surface area contributed by atoms with Gasteiger partial charge in [0.2, 0.25) is 0 Å². The van der Waals surface area contributed by atoms with Crippen LogP contribution in [0.4, 0.5) is 0 Å². The molecule has 15 heavy (non-hydrogen) atoms. The van der Waals surface area contributed by atoms with Gasteiger partial charge in [0.15, 0.2) is 0 Å². The molecule has 0 atom stereocenters. The Kier molecular flexibility index (Phi) is 3.89. The highest BCUT2D eigenvalue weighted by Gasteiger charge is 2.00. The highest BCUT2D eigenvalue weighted by Crippen LogP contribution is 2.33. The van der Waals surface area contributed by atoms with Crippen molar-refractivity contribution in [2.75, 3.05) is 0 Å². The van der Waals surface area contributed by atoms with E-state index in [1.165, 1.54) is 9.79 Å². The topological polar surface area (TPSA) is 0 Å². The monoisotopic (exact) mass is 342 g/mol. The van der Waals surface area contributed by atoms with Gasteiger partial charge < -0.3 is 0 Å². The van der Waals surface area contributed by atoms with E-state index in [0.29, 0.717) is 0 Å². The number of halogens is 2. The van der Waals surface area contributed by atoms with Crippen molar-refractivity contribution in [3.63, 3.8) is 0 Å². The van der Waals surface area contributed by atoms with Gasteiger partial charge in [0.05, 0.1) is 0 Å². The fraction of sp³-hybridized carbons (Fsp3) is 0. The molecule has 2 rings (SSSR count). The number of benzene rings is 2. The Balaban J connectivity index is 2.22. The van der Waals surface area contributed by atoms with Crippen molar-refractivity contribution < 1.29 is 0 Å². The van der Waals surface area contributed by atoms with Crippen molar-refractivity contribution in [2.24, 2.45) is 0 Å². The molecule has 0 amide bonds. The van der Waals surface area contributed by atoms with Crippen molar-refractivity contribution >= 4 is 43.6 Å². The molecule has 76 valence electrons. The molecule has 0 fully saturated rings. The van der Waals surface area contributed by atoms with Crippen LogP contribution in [0.15, 0.2) is 67.3 Å². The maximum atomic E-state index is 3.54. The van der Waals surface area contributed by atoms with Crippen LogP contribution in [0.1, 0.15) is 0 Å². The van der Waals surface area contributed by atoms with Crippen LogP contribution in [0.3, 0.4) is 0 Å². The molecule has 2 aromatic rings. The molecular formula is C12H8Br2S.